The number of benzene rings is 1. The summed E-state index contributed by atoms with van der Waals surface area (Å²) in [6.07, 6.45) is 4.15. The van der Waals surface area contributed by atoms with Crippen molar-refractivity contribution in [3.05, 3.63) is 82.0 Å². The van der Waals surface area contributed by atoms with E-state index in [9.17, 15) is 4.79 Å². The molecule has 0 bridgehead atoms. The van der Waals surface area contributed by atoms with E-state index in [1.54, 1.807) is 12.4 Å². The Morgan fingerprint density at radius 3 is 2.67 bits per heavy atom. The maximum absolute atomic E-state index is 12.4. The Balaban J connectivity index is 1.62. The number of aromatic amines is 1. The Kier molecular flexibility index (Phi) is 3.92. The minimum Gasteiger partial charge on any atom is -0.306 e. The Bertz CT molecular complexity index is 890. The zero-order valence-corrected chi connectivity index (χ0v) is 13.3. The van der Waals surface area contributed by atoms with E-state index >= 15 is 0 Å². The van der Waals surface area contributed by atoms with Crippen molar-refractivity contribution in [2.24, 2.45) is 0 Å². The van der Waals surface area contributed by atoms with Crippen LogP contribution in [0.4, 0.5) is 0 Å². The molecule has 0 saturated carbocycles. The van der Waals surface area contributed by atoms with Crippen LogP contribution in [-0.4, -0.2) is 26.4 Å². The van der Waals surface area contributed by atoms with E-state index in [2.05, 4.69) is 39.1 Å². The molecule has 0 unspecified atom stereocenters. The highest BCUT2D eigenvalue weighted by Crippen LogP contribution is 2.19. The number of nitrogens with zero attached hydrogens (tertiary/aromatic N) is 3. The van der Waals surface area contributed by atoms with Gasteiger partial charge in [-0.15, -0.1) is 0 Å². The molecular formula is C19H18N4O. The lowest BCUT2D eigenvalue weighted by Crippen LogP contribution is -2.35. The van der Waals surface area contributed by atoms with E-state index < -0.39 is 0 Å². The molecule has 0 amide bonds. The van der Waals surface area contributed by atoms with Crippen LogP contribution in [0.3, 0.4) is 0 Å². The largest absolute Gasteiger partial charge is 0.306 e. The molecule has 1 N–H and O–H groups in total. The van der Waals surface area contributed by atoms with Crippen molar-refractivity contribution in [2.45, 2.75) is 19.5 Å². The highest BCUT2D eigenvalue weighted by Gasteiger charge is 2.21. The fourth-order valence-electron chi connectivity index (χ4n) is 3.12. The summed E-state index contributed by atoms with van der Waals surface area (Å²) >= 11 is 0. The quantitative estimate of drug-likeness (QED) is 0.805. The Labute approximate surface area is 140 Å². The third-order valence-corrected chi connectivity index (χ3v) is 4.36. The van der Waals surface area contributed by atoms with Crippen molar-refractivity contribution >= 4 is 0 Å². The van der Waals surface area contributed by atoms with Gasteiger partial charge >= 0.3 is 0 Å². The first-order valence-corrected chi connectivity index (χ1v) is 8.08. The summed E-state index contributed by atoms with van der Waals surface area (Å²) in [5, 5.41) is 0. The molecule has 5 nitrogen and oxygen atoms in total. The first-order valence-electron chi connectivity index (χ1n) is 8.08. The van der Waals surface area contributed by atoms with E-state index in [4.69, 9.17) is 4.98 Å². The van der Waals surface area contributed by atoms with Gasteiger partial charge in [0, 0.05) is 43.2 Å². The molecule has 4 rings (SSSR count). The zero-order valence-electron chi connectivity index (χ0n) is 13.3. The van der Waals surface area contributed by atoms with Crippen molar-refractivity contribution in [1.82, 2.24) is 19.9 Å². The first-order chi connectivity index (χ1) is 11.8. The molecule has 0 aliphatic carbocycles. The molecule has 1 aromatic carbocycles. The average Bonchev–Trinajstić information content (AvgIpc) is 2.63. The van der Waals surface area contributed by atoms with E-state index in [0.29, 0.717) is 12.4 Å². The summed E-state index contributed by atoms with van der Waals surface area (Å²) in [5.41, 5.74) is 3.83. The molecule has 5 heteroatoms. The SMILES string of the molecule is O=c1[nH]c(-c2ccncc2)nc2c1CCN(Cc1ccccc1)C2. The van der Waals surface area contributed by atoms with Gasteiger partial charge < -0.3 is 4.98 Å². The second-order valence-corrected chi connectivity index (χ2v) is 6.02. The summed E-state index contributed by atoms with van der Waals surface area (Å²) in [7, 11) is 0. The van der Waals surface area contributed by atoms with Gasteiger partial charge in [0.1, 0.15) is 5.82 Å². The number of aromatic nitrogens is 3. The number of rotatable bonds is 3. The molecule has 3 aromatic rings. The molecule has 0 saturated heterocycles. The highest BCUT2D eigenvalue weighted by molar-refractivity contribution is 5.54. The van der Waals surface area contributed by atoms with Gasteiger partial charge in [0.25, 0.3) is 5.56 Å². The van der Waals surface area contributed by atoms with E-state index in [1.165, 1.54) is 5.56 Å². The molecule has 0 fully saturated rings. The van der Waals surface area contributed by atoms with E-state index in [-0.39, 0.29) is 5.56 Å². The Morgan fingerprint density at radius 2 is 1.88 bits per heavy atom. The molecule has 120 valence electrons. The summed E-state index contributed by atoms with van der Waals surface area (Å²) in [6.45, 7) is 2.45. The van der Waals surface area contributed by atoms with Crippen LogP contribution >= 0.6 is 0 Å². The summed E-state index contributed by atoms with van der Waals surface area (Å²) in [6, 6.07) is 14.1. The number of hydrogen-bond acceptors (Lipinski definition) is 4. The minimum atomic E-state index is -0.0221. The highest BCUT2D eigenvalue weighted by atomic mass is 16.1. The lowest BCUT2D eigenvalue weighted by Gasteiger charge is -2.27. The molecule has 1 aliphatic heterocycles. The summed E-state index contributed by atoms with van der Waals surface area (Å²) < 4.78 is 0. The topological polar surface area (TPSA) is 61.9 Å². The summed E-state index contributed by atoms with van der Waals surface area (Å²) in [5.74, 6) is 0.614. The summed E-state index contributed by atoms with van der Waals surface area (Å²) in [4.78, 5) is 26.4. The van der Waals surface area contributed by atoms with Crippen LogP contribution < -0.4 is 5.56 Å². The lowest BCUT2D eigenvalue weighted by atomic mass is 10.1. The van der Waals surface area contributed by atoms with Gasteiger partial charge in [0.05, 0.1) is 5.69 Å². The first kappa shape index (κ1) is 14.8. The minimum absolute atomic E-state index is 0.0221. The molecule has 1 aliphatic rings. The molecule has 3 heterocycles. The van der Waals surface area contributed by atoms with Gasteiger partial charge in [0.15, 0.2) is 0 Å². The van der Waals surface area contributed by atoms with Crippen LogP contribution in [0.25, 0.3) is 11.4 Å². The van der Waals surface area contributed by atoms with Gasteiger partial charge in [-0.2, -0.15) is 0 Å². The third-order valence-electron chi connectivity index (χ3n) is 4.36. The van der Waals surface area contributed by atoms with E-state index in [1.807, 2.05) is 18.2 Å². The monoisotopic (exact) mass is 318 g/mol. The third kappa shape index (κ3) is 2.98. The van der Waals surface area contributed by atoms with Crippen LogP contribution in [0, 0.1) is 0 Å². The number of H-pyrrole nitrogens is 1. The standard InChI is InChI=1S/C19H18N4O/c24-19-16-8-11-23(12-14-4-2-1-3-5-14)13-17(16)21-18(22-19)15-6-9-20-10-7-15/h1-7,9-10H,8,11-13H2,(H,21,22,24). The predicted molar refractivity (Wildman–Crippen MR) is 92.3 cm³/mol. The normalized spacial score (nSPS) is 14.3. The maximum atomic E-state index is 12.4. The fourth-order valence-corrected chi connectivity index (χ4v) is 3.12. The predicted octanol–water partition coefficient (Wildman–Crippen LogP) is 2.39. The molecule has 0 atom stereocenters. The van der Waals surface area contributed by atoms with Crippen LogP contribution in [-0.2, 0) is 19.5 Å². The Hall–Kier alpha value is -2.79. The van der Waals surface area contributed by atoms with Crippen molar-refractivity contribution in [3.63, 3.8) is 0 Å². The lowest BCUT2D eigenvalue weighted by molar-refractivity contribution is 0.240. The van der Waals surface area contributed by atoms with Crippen molar-refractivity contribution in [2.75, 3.05) is 6.54 Å². The second kappa shape index (κ2) is 6.37. The number of pyridine rings is 1. The van der Waals surface area contributed by atoms with Crippen LogP contribution in [0.2, 0.25) is 0 Å². The molecular weight excluding hydrogens is 300 g/mol. The fraction of sp³-hybridized carbons (Fsp3) is 0.211. The van der Waals surface area contributed by atoms with Gasteiger partial charge in [-0.25, -0.2) is 4.98 Å². The molecule has 0 radical (unpaired) electrons. The van der Waals surface area contributed by atoms with Gasteiger partial charge in [-0.1, -0.05) is 30.3 Å². The van der Waals surface area contributed by atoms with Crippen molar-refractivity contribution in [3.8, 4) is 11.4 Å². The molecule has 0 spiro atoms. The molecule has 2 aromatic heterocycles. The van der Waals surface area contributed by atoms with Crippen LogP contribution in [0.5, 0.6) is 0 Å². The maximum Gasteiger partial charge on any atom is 0.254 e. The van der Waals surface area contributed by atoms with Gasteiger partial charge in [0.2, 0.25) is 0 Å². The number of hydrogen-bond donors (Lipinski definition) is 1. The second-order valence-electron chi connectivity index (χ2n) is 6.02. The van der Waals surface area contributed by atoms with Crippen molar-refractivity contribution < 1.29 is 0 Å². The molecule has 24 heavy (non-hydrogen) atoms. The van der Waals surface area contributed by atoms with Gasteiger partial charge in [-0.3, -0.25) is 14.7 Å². The zero-order chi connectivity index (χ0) is 16.4. The van der Waals surface area contributed by atoms with Crippen molar-refractivity contribution in [1.29, 1.82) is 0 Å². The van der Waals surface area contributed by atoms with Crippen LogP contribution in [0.15, 0.2) is 59.7 Å². The number of fused-ring (bicyclic) bond motifs is 1. The smallest absolute Gasteiger partial charge is 0.254 e. The van der Waals surface area contributed by atoms with Gasteiger partial charge in [-0.05, 0) is 24.1 Å². The average molecular weight is 318 g/mol. The Morgan fingerprint density at radius 1 is 1.08 bits per heavy atom. The number of nitrogens with one attached hydrogen (secondary N) is 1. The van der Waals surface area contributed by atoms with E-state index in [0.717, 1.165) is 36.3 Å². The van der Waals surface area contributed by atoms with Crippen LogP contribution in [0.1, 0.15) is 16.8 Å².